The molecule has 4 fully saturated rings. The lowest BCUT2D eigenvalue weighted by Gasteiger charge is -2.61. The van der Waals surface area contributed by atoms with Crippen LogP contribution in [0.1, 0.15) is 167 Å². The van der Waals surface area contributed by atoms with E-state index >= 15 is 0 Å². The van der Waals surface area contributed by atoms with Crippen molar-refractivity contribution >= 4 is 5.97 Å². The fourth-order valence-corrected chi connectivity index (χ4v) is 11.0. The number of ether oxygens (including phenoxy) is 1. The Morgan fingerprint density at radius 2 is 1.42 bits per heavy atom. The molecule has 264 valence electrons. The Hall–Kier alpha value is -0.610. The van der Waals surface area contributed by atoms with Crippen molar-refractivity contribution in [3.8, 4) is 0 Å². The van der Waals surface area contributed by atoms with E-state index in [1.54, 1.807) is 0 Å². The maximum absolute atomic E-state index is 12.5. The predicted molar refractivity (Wildman–Crippen MR) is 189 cm³/mol. The van der Waals surface area contributed by atoms with Crippen molar-refractivity contribution in [2.45, 2.75) is 173 Å². The summed E-state index contributed by atoms with van der Waals surface area (Å²) >= 11 is 0. The van der Waals surface area contributed by atoms with Gasteiger partial charge in [0.2, 0.25) is 0 Å². The summed E-state index contributed by atoms with van der Waals surface area (Å²) in [5.41, 5.74) is 0.298. The van der Waals surface area contributed by atoms with E-state index in [1.165, 1.54) is 64.2 Å². The van der Waals surface area contributed by atoms with Crippen molar-refractivity contribution in [1.29, 1.82) is 0 Å². The van der Waals surface area contributed by atoms with E-state index in [0.717, 1.165) is 60.7 Å². The minimum Gasteiger partial charge on any atom is -0.462 e. The van der Waals surface area contributed by atoms with Crippen molar-refractivity contribution in [3.05, 3.63) is 0 Å². The van der Waals surface area contributed by atoms with Crippen molar-refractivity contribution in [3.63, 3.8) is 0 Å². The molecule has 0 aromatic rings. The van der Waals surface area contributed by atoms with E-state index in [2.05, 4.69) is 34.6 Å². The molecule has 4 heteroatoms. The summed E-state index contributed by atoms with van der Waals surface area (Å²) < 4.78 is 6.02. The van der Waals surface area contributed by atoms with Crippen LogP contribution in [0, 0.1) is 68.5 Å². The fourth-order valence-electron chi connectivity index (χ4n) is 11.0. The highest BCUT2D eigenvalue weighted by Gasteiger charge is 2.60. The largest absolute Gasteiger partial charge is 0.462 e. The monoisotopic (exact) mass is 633 g/mol. The Balaban J connectivity index is 0.000000430. The highest BCUT2D eigenvalue weighted by Crippen LogP contribution is 2.68. The van der Waals surface area contributed by atoms with Crippen LogP contribution >= 0.6 is 0 Å². The molecule has 2 N–H and O–H groups in total. The zero-order valence-electron chi connectivity index (χ0n) is 31.9. The van der Waals surface area contributed by atoms with Gasteiger partial charge in [-0.15, -0.1) is 0 Å². The molecule has 4 aliphatic rings. The van der Waals surface area contributed by atoms with Gasteiger partial charge in [-0.05, 0) is 143 Å². The summed E-state index contributed by atoms with van der Waals surface area (Å²) in [5.74, 6) is 6.23. The number of aliphatic hydroxyl groups is 2. The zero-order chi connectivity index (χ0) is 34.0. The first-order chi connectivity index (χ1) is 20.8. The van der Waals surface area contributed by atoms with Crippen LogP contribution in [0.4, 0.5) is 0 Å². The molecule has 0 heterocycles. The number of fused-ring (bicyclic) bond motifs is 5. The molecule has 0 amide bonds. The highest BCUT2D eigenvalue weighted by atomic mass is 16.5. The highest BCUT2D eigenvalue weighted by molar-refractivity contribution is 5.75. The lowest BCUT2D eigenvalue weighted by atomic mass is 9.44. The first-order valence-corrected chi connectivity index (χ1v) is 19.2. The molecule has 0 spiro atoms. The molecule has 9 atom stereocenters. The van der Waals surface area contributed by atoms with Crippen LogP contribution in [0.25, 0.3) is 0 Å². The van der Waals surface area contributed by atoms with Crippen LogP contribution in [-0.4, -0.2) is 35.5 Å². The third-order valence-corrected chi connectivity index (χ3v) is 14.6. The quantitative estimate of drug-likeness (QED) is 0.248. The van der Waals surface area contributed by atoms with Crippen LogP contribution in [0.2, 0.25) is 0 Å². The Kier molecular flexibility index (Phi) is 12.8. The van der Waals surface area contributed by atoms with Crippen LogP contribution in [0.5, 0.6) is 0 Å². The topological polar surface area (TPSA) is 66.8 Å². The smallest absolute Gasteiger partial charge is 0.311 e. The standard InChI is InChI=1S/C32H56O2.C9H20O2/c1-21(2)10-9-11-22(3)26-14-15-27-25-13-12-23-20-24(34-29(33)30(4,5)6)16-18-31(23,7)28(25)17-19-32(26,27)8;1-5-9(6-10,7-11)8(2,3)4/h21-28H,9-20H2,1-8H3;10-11H,5-7H2,1-4H3/t22-,23?,24+,25?,26?,27?,28?,31+,32-;/m1./s1. The zero-order valence-corrected chi connectivity index (χ0v) is 31.9. The molecule has 5 unspecified atom stereocenters. The lowest BCUT2D eigenvalue weighted by Crippen LogP contribution is -2.54. The molecule has 4 nitrogen and oxygen atoms in total. The maximum Gasteiger partial charge on any atom is 0.311 e. The second-order valence-corrected chi connectivity index (χ2v) is 19.4. The van der Waals surface area contributed by atoms with Gasteiger partial charge in [0.1, 0.15) is 6.10 Å². The van der Waals surface area contributed by atoms with Crippen LogP contribution in [0.3, 0.4) is 0 Å². The molecule has 4 rings (SSSR count). The van der Waals surface area contributed by atoms with Gasteiger partial charge in [0.05, 0.1) is 18.6 Å². The molecule has 0 aromatic carbocycles. The number of rotatable bonds is 9. The van der Waals surface area contributed by atoms with Gasteiger partial charge in [-0.1, -0.05) is 81.6 Å². The van der Waals surface area contributed by atoms with E-state index in [4.69, 9.17) is 14.9 Å². The number of hydrogen-bond acceptors (Lipinski definition) is 4. The first kappa shape index (κ1) is 38.8. The van der Waals surface area contributed by atoms with E-state index in [1.807, 2.05) is 48.5 Å². The Bertz CT molecular complexity index is 930. The summed E-state index contributed by atoms with van der Waals surface area (Å²) in [6.07, 6.45) is 17.3. The van der Waals surface area contributed by atoms with Gasteiger partial charge >= 0.3 is 5.97 Å². The van der Waals surface area contributed by atoms with Crippen molar-refractivity contribution in [2.75, 3.05) is 13.2 Å². The van der Waals surface area contributed by atoms with Crippen molar-refractivity contribution in [2.24, 2.45) is 68.5 Å². The predicted octanol–water partition coefficient (Wildman–Crippen LogP) is 10.5. The third kappa shape index (κ3) is 8.17. The molecule has 4 aliphatic carbocycles. The summed E-state index contributed by atoms with van der Waals surface area (Å²) in [6.45, 7) is 26.9. The Morgan fingerprint density at radius 1 is 0.822 bits per heavy atom. The molecule has 0 bridgehead atoms. The second kappa shape index (κ2) is 14.9. The third-order valence-electron chi connectivity index (χ3n) is 14.6. The molecule has 0 aliphatic heterocycles. The molecule has 0 radical (unpaired) electrons. The fraction of sp³-hybridized carbons (Fsp3) is 0.976. The van der Waals surface area contributed by atoms with Gasteiger partial charge in [0.25, 0.3) is 0 Å². The van der Waals surface area contributed by atoms with Crippen molar-refractivity contribution < 1.29 is 19.7 Å². The molecular weight excluding hydrogens is 556 g/mol. The van der Waals surface area contributed by atoms with Gasteiger partial charge in [0, 0.05) is 5.41 Å². The van der Waals surface area contributed by atoms with Gasteiger partial charge in [-0.2, -0.15) is 0 Å². The van der Waals surface area contributed by atoms with E-state index in [9.17, 15) is 4.79 Å². The average molecular weight is 633 g/mol. The van der Waals surface area contributed by atoms with Gasteiger partial charge < -0.3 is 14.9 Å². The second-order valence-electron chi connectivity index (χ2n) is 19.4. The van der Waals surface area contributed by atoms with Crippen LogP contribution in [-0.2, 0) is 9.53 Å². The number of hydrogen-bond donors (Lipinski definition) is 2. The molecule has 45 heavy (non-hydrogen) atoms. The van der Waals surface area contributed by atoms with E-state index < -0.39 is 5.41 Å². The van der Waals surface area contributed by atoms with Gasteiger partial charge in [-0.3, -0.25) is 4.79 Å². The van der Waals surface area contributed by atoms with E-state index in [0.29, 0.717) is 10.8 Å². The average Bonchev–Trinajstić information content (AvgIpc) is 3.30. The number of carbonyl (C=O) groups excluding carboxylic acids is 1. The normalized spacial score (nSPS) is 35.9. The van der Waals surface area contributed by atoms with E-state index in [-0.39, 0.29) is 36.1 Å². The minimum absolute atomic E-state index is 0.0114. The maximum atomic E-state index is 12.5. The minimum atomic E-state index is -0.392. The van der Waals surface area contributed by atoms with Gasteiger partial charge in [0.15, 0.2) is 0 Å². The molecule has 0 aromatic heterocycles. The lowest BCUT2D eigenvalue weighted by molar-refractivity contribution is -0.170. The Morgan fingerprint density at radius 3 is 1.93 bits per heavy atom. The first-order valence-electron chi connectivity index (χ1n) is 19.2. The van der Waals surface area contributed by atoms with Crippen LogP contribution < -0.4 is 0 Å². The number of carbonyl (C=O) groups is 1. The summed E-state index contributed by atoms with van der Waals surface area (Å²) in [5, 5.41) is 18.3. The Labute approximate surface area is 279 Å². The SMILES string of the molecule is CC(C)CCC[C@@H](C)C1CCC2C3CCC4C[C@@H](OC(=O)C(C)(C)C)CC[C@]4(C)C3CC[C@@]21C.CCC(CO)(CO)C(C)(C)C. The summed E-state index contributed by atoms with van der Waals surface area (Å²) in [7, 11) is 0. The van der Waals surface area contributed by atoms with Crippen molar-refractivity contribution in [1.82, 2.24) is 0 Å². The van der Waals surface area contributed by atoms with Crippen LogP contribution in [0.15, 0.2) is 0 Å². The molecular formula is C41H76O4. The number of esters is 1. The van der Waals surface area contributed by atoms with Gasteiger partial charge in [-0.25, -0.2) is 0 Å². The molecule has 0 saturated heterocycles. The molecule has 4 saturated carbocycles. The summed E-state index contributed by atoms with van der Waals surface area (Å²) in [6, 6.07) is 0. The summed E-state index contributed by atoms with van der Waals surface area (Å²) in [4.78, 5) is 12.5. The number of aliphatic hydroxyl groups excluding tert-OH is 2.